The lowest BCUT2D eigenvalue weighted by Crippen LogP contribution is -2.25. The van der Waals surface area contributed by atoms with Crippen molar-refractivity contribution >= 4 is 11.6 Å². The van der Waals surface area contributed by atoms with Crippen LogP contribution in [0.5, 0.6) is 0 Å². The maximum absolute atomic E-state index is 6.40. The first kappa shape index (κ1) is 15.6. The van der Waals surface area contributed by atoms with E-state index in [-0.39, 0.29) is 0 Å². The number of benzene rings is 1. The smallest absolute Gasteiger partial charge is 0.131 e. The molecule has 0 saturated heterocycles. The molecule has 1 heterocycles. The summed E-state index contributed by atoms with van der Waals surface area (Å²) in [6.07, 6.45) is 3.69. The minimum absolute atomic E-state index is 0.696. The summed E-state index contributed by atoms with van der Waals surface area (Å²) >= 11 is 6.40. The quantitative estimate of drug-likeness (QED) is 0.799. The highest BCUT2D eigenvalue weighted by Gasteiger charge is 2.30. The van der Waals surface area contributed by atoms with E-state index >= 15 is 0 Å². The molecule has 22 heavy (non-hydrogen) atoms. The second-order valence-corrected chi connectivity index (χ2v) is 6.64. The summed E-state index contributed by atoms with van der Waals surface area (Å²) < 4.78 is 1.77. The molecule has 0 unspecified atom stereocenters. The van der Waals surface area contributed by atoms with Gasteiger partial charge in [-0.15, -0.1) is 0 Å². The molecule has 0 N–H and O–H groups in total. The second kappa shape index (κ2) is 6.43. The lowest BCUT2D eigenvalue weighted by Gasteiger charge is -2.22. The zero-order valence-corrected chi connectivity index (χ0v) is 14.4. The fraction of sp³-hybridized carbons (Fsp3) is 0.500. The number of rotatable bonds is 6. The number of aromatic nitrogens is 2. The van der Waals surface area contributed by atoms with Crippen LogP contribution in [0.4, 0.5) is 0 Å². The molecule has 1 saturated carbocycles. The van der Waals surface area contributed by atoms with E-state index in [2.05, 4.69) is 41.2 Å². The van der Waals surface area contributed by atoms with Crippen LogP contribution in [0.15, 0.2) is 24.3 Å². The molecule has 0 spiro atoms. The Morgan fingerprint density at radius 2 is 1.82 bits per heavy atom. The lowest BCUT2D eigenvalue weighted by atomic mass is 10.1. The highest BCUT2D eigenvalue weighted by molar-refractivity contribution is 6.30. The molecule has 0 amide bonds. The summed E-state index contributed by atoms with van der Waals surface area (Å²) in [5.74, 6) is 0. The molecular weight excluding hydrogens is 294 g/mol. The highest BCUT2D eigenvalue weighted by Crippen LogP contribution is 2.32. The number of nitrogens with zero attached hydrogens (tertiary/aromatic N) is 3. The molecule has 1 aromatic heterocycles. The van der Waals surface area contributed by atoms with E-state index in [4.69, 9.17) is 11.6 Å². The van der Waals surface area contributed by atoms with Crippen molar-refractivity contribution in [3.63, 3.8) is 0 Å². The van der Waals surface area contributed by atoms with Gasteiger partial charge >= 0.3 is 0 Å². The molecule has 0 radical (unpaired) electrons. The van der Waals surface area contributed by atoms with Gasteiger partial charge in [0, 0.05) is 31.7 Å². The van der Waals surface area contributed by atoms with Crippen LogP contribution in [-0.2, 0) is 26.6 Å². The van der Waals surface area contributed by atoms with Gasteiger partial charge in [0.1, 0.15) is 5.15 Å². The predicted molar refractivity (Wildman–Crippen MR) is 91.0 cm³/mol. The van der Waals surface area contributed by atoms with Gasteiger partial charge in [0.15, 0.2) is 0 Å². The lowest BCUT2D eigenvalue weighted by molar-refractivity contribution is 0.245. The van der Waals surface area contributed by atoms with Crippen molar-refractivity contribution in [2.24, 2.45) is 7.05 Å². The van der Waals surface area contributed by atoms with Crippen LogP contribution >= 0.6 is 11.6 Å². The van der Waals surface area contributed by atoms with E-state index in [0.29, 0.717) is 6.04 Å². The monoisotopic (exact) mass is 317 g/mol. The number of halogens is 1. The van der Waals surface area contributed by atoms with Gasteiger partial charge in [-0.1, -0.05) is 42.8 Å². The molecule has 3 nitrogen and oxygen atoms in total. The van der Waals surface area contributed by atoms with Gasteiger partial charge in [-0.2, -0.15) is 5.10 Å². The Morgan fingerprint density at radius 1 is 1.18 bits per heavy atom. The SMILES string of the molecule is CCc1ccc(CN(Cc2c(C)nn(C)c2Cl)C2CC2)cc1. The summed E-state index contributed by atoms with van der Waals surface area (Å²) in [5, 5.41) is 5.20. The topological polar surface area (TPSA) is 21.1 Å². The van der Waals surface area contributed by atoms with Crippen molar-refractivity contribution in [2.45, 2.75) is 52.2 Å². The van der Waals surface area contributed by atoms with Crippen molar-refractivity contribution in [3.05, 3.63) is 51.8 Å². The van der Waals surface area contributed by atoms with Crippen molar-refractivity contribution in [2.75, 3.05) is 0 Å². The fourth-order valence-electron chi connectivity index (χ4n) is 2.93. The third-order valence-corrected chi connectivity index (χ3v) is 4.98. The first-order valence-corrected chi connectivity index (χ1v) is 8.46. The Balaban J connectivity index is 1.75. The van der Waals surface area contributed by atoms with E-state index in [0.717, 1.165) is 30.4 Å². The minimum Gasteiger partial charge on any atom is -0.292 e. The van der Waals surface area contributed by atoms with E-state index in [1.807, 2.05) is 14.0 Å². The van der Waals surface area contributed by atoms with Gasteiger partial charge < -0.3 is 0 Å². The fourth-order valence-corrected chi connectivity index (χ4v) is 3.16. The molecule has 0 aliphatic heterocycles. The van der Waals surface area contributed by atoms with Crippen molar-refractivity contribution in [3.8, 4) is 0 Å². The Bertz CT molecular complexity index is 641. The Kier molecular flexibility index (Phi) is 4.55. The van der Waals surface area contributed by atoms with Gasteiger partial charge in [0.05, 0.1) is 5.69 Å². The molecule has 0 bridgehead atoms. The second-order valence-electron chi connectivity index (χ2n) is 6.28. The molecule has 4 heteroatoms. The van der Waals surface area contributed by atoms with E-state index in [9.17, 15) is 0 Å². The van der Waals surface area contributed by atoms with Gasteiger partial charge in [0.2, 0.25) is 0 Å². The average molecular weight is 318 g/mol. The molecule has 1 aliphatic carbocycles. The summed E-state index contributed by atoms with van der Waals surface area (Å²) in [6, 6.07) is 9.69. The van der Waals surface area contributed by atoms with Gasteiger partial charge in [-0.25, -0.2) is 0 Å². The molecule has 0 atom stereocenters. The summed E-state index contributed by atoms with van der Waals surface area (Å²) in [7, 11) is 1.91. The molecule has 118 valence electrons. The van der Waals surface area contributed by atoms with Crippen molar-refractivity contribution < 1.29 is 0 Å². The van der Waals surface area contributed by atoms with E-state index < -0.39 is 0 Å². The zero-order valence-electron chi connectivity index (χ0n) is 13.6. The molecule has 1 fully saturated rings. The standard InChI is InChI=1S/C18H24ClN3/c1-4-14-5-7-15(8-6-14)11-22(16-9-10-16)12-17-13(2)20-21(3)18(17)19/h5-8,16H,4,9-12H2,1-3H3. The number of hydrogen-bond acceptors (Lipinski definition) is 2. The Hall–Kier alpha value is -1.32. The van der Waals surface area contributed by atoms with Gasteiger partial charge in [0.25, 0.3) is 0 Å². The summed E-state index contributed by atoms with van der Waals surface area (Å²) in [5.41, 5.74) is 4.98. The molecule has 1 aromatic carbocycles. The zero-order chi connectivity index (χ0) is 15.7. The van der Waals surface area contributed by atoms with Crippen LogP contribution in [0.1, 0.15) is 42.1 Å². The molecular formula is C18H24ClN3. The van der Waals surface area contributed by atoms with E-state index in [1.165, 1.54) is 29.5 Å². The third-order valence-electron chi connectivity index (χ3n) is 4.51. The maximum Gasteiger partial charge on any atom is 0.131 e. The number of hydrogen-bond donors (Lipinski definition) is 0. The molecule has 3 rings (SSSR count). The van der Waals surface area contributed by atoms with Crippen LogP contribution in [0.2, 0.25) is 5.15 Å². The maximum atomic E-state index is 6.40. The average Bonchev–Trinajstić information content (AvgIpc) is 3.32. The third kappa shape index (κ3) is 3.36. The summed E-state index contributed by atoms with van der Waals surface area (Å²) in [4.78, 5) is 2.54. The largest absolute Gasteiger partial charge is 0.292 e. The Labute approximate surface area is 137 Å². The van der Waals surface area contributed by atoms with Crippen LogP contribution in [0.25, 0.3) is 0 Å². The summed E-state index contributed by atoms with van der Waals surface area (Å²) in [6.45, 7) is 6.11. The normalized spacial score (nSPS) is 14.8. The van der Waals surface area contributed by atoms with E-state index in [1.54, 1.807) is 4.68 Å². The van der Waals surface area contributed by atoms with Crippen LogP contribution in [0, 0.1) is 6.92 Å². The van der Waals surface area contributed by atoms with Crippen LogP contribution in [-0.4, -0.2) is 20.7 Å². The highest BCUT2D eigenvalue weighted by atomic mass is 35.5. The van der Waals surface area contributed by atoms with Crippen LogP contribution in [0.3, 0.4) is 0 Å². The first-order valence-electron chi connectivity index (χ1n) is 8.08. The number of aryl methyl sites for hydroxylation is 3. The van der Waals surface area contributed by atoms with Crippen LogP contribution < -0.4 is 0 Å². The predicted octanol–water partition coefficient (Wildman–Crippen LogP) is 4.11. The molecule has 2 aromatic rings. The Morgan fingerprint density at radius 3 is 2.32 bits per heavy atom. The molecule has 1 aliphatic rings. The van der Waals surface area contributed by atoms with Gasteiger partial charge in [-0.05, 0) is 37.3 Å². The first-order chi connectivity index (χ1) is 10.6. The van der Waals surface area contributed by atoms with Crippen molar-refractivity contribution in [1.29, 1.82) is 0 Å². The minimum atomic E-state index is 0.696. The van der Waals surface area contributed by atoms with Crippen molar-refractivity contribution in [1.82, 2.24) is 14.7 Å². The van der Waals surface area contributed by atoms with Gasteiger partial charge in [-0.3, -0.25) is 9.58 Å².